The molecule has 1 fully saturated rings. The molecule has 2 aromatic rings. The number of thiazole rings is 1. The Bertz CT molecular complexity index is 1280. The van der Waals surface area contributed by atoms with Crippen molar-refractivity contribution in [3.63, 3.8) is 0 Å². The van der Waals surface area contributed by atoms with E-state index in [1.807, 2.05) is 0 Å². The number of anilines is 3. The first kappa shape index (κ1) is 24.8. The largest absolute Gasteiger partial charge is 0.477 e. The van der Waals surface area contributed by atoms with E-state index in [0.29, 0.717) is 10.6 Å². The van der Waals surface area contributed by atoms with Crippen molar-refractivity contribution in [2.75, 3.05) is 23.0 Å². The Hall–Kier alpha value is -3.28. The molecule has 2 aliphatic heterocycles. The lowest BCUT2D eigenvalue weighted by Crippen LogP contribution is -2.71. The summed E-state index contributed by atoms with van der Waals surface area (Å²) in [7, 11) is 0. The molecule has 2 aliphatic rings. The molecule has 0 saturated carbocycles. The van der Waals surface area contributed by atoms with Crippen molar-refractivity contribution in [2.24, 2.45) is 5.16 Å². The number of fused-ring (bicyclic) bond motifs is 1. The highest BCUT2D eigenvalue weighted by Gasteiger charge is 2.54. The van der Waals surface area contributed by atoms with E-state index in [4.69, 9.17) is 28.8 Å². The Morgan fingerprint density at radius 3 is 2.66 bits per heavy atom. The third kappa shape index (κ3) is 4.79. The topological polar surface area (TPSA) is 236 Å². The maximum absolute atomic E-state index is 12.8. The molecule has 18 heteroatoms. The normalized spacial score (nSPS) is 19.9. The summed E-state index contributed by atoms with van der Waals surface area (Å²) >= 11 is 9.30. The van der Waals surface area contributed by atoms with Crippen LogP contribution in [-0.2, 0) is 20.1 Å². The number of carboxylic acid groups (broad SMARTS) is 1. The number of nitrogens with two attached hydrogens (primary N) is 3. The molecule has 9 N–H and O–H groups in total. The summed E-state index contributed by atoms with van der Waals surface area (Å²) in [4.78, 5) is 50.8. The Kier molecular flexibility index (Phi) is 6.93. The van der Waals surface area contributed by atoms with Crippen LogP contribution in [0.2, 0.25) is 4.34 Å². The molecule has 2 atom stereocenters. The van der Waals surface area contributed by atoms with Gasteiger partial charge in [-0.1, -0.05) is 28.1 Å². The average Bonchev–Trinajstić information content (AvgIpc) is 3.12. The fraction of sp³-hybridized carbons (Fsp3) is 0.235. The number of carbonyl (C=O) groups excluding carboxylic acids is 2. The van der Waals surface area contributed by atoms with Crippen molar-refractivity contribution in [3.8, 4) is 0 Å². The summed E-state index contributed by atoms with van der Waals surface area (Å²) in [5.41, 5.74) is 16.5. The van der Waals surface area contributed by atoms with Gasteiger partial charge >= 0.3 is 5.97 Å². The first-order valence-electron chi connectivity index (χ1n) is 9.48. The van der Waals surface area contributed by atoms with E-state index in [2.05, 4.69) is 25.4 Å². The van der Waals surface area contributed by atoms with E-state index in [1.54, 1.807) is 0 Å². The van der Waals surface area contributed by atoms with Crippen LogP contribution in [0.25, 0.3) is 0 Å². The molecule has 0 bridgehead atoms. The molecule has 184 valence electrons. The average molecular weight is 558 g/mol. The van der Waals surface area contributed by atoms with E-state index in [0.717, 1.165) is 16.2 Å². The van der Waals surface area contributed by atoms with Gasteiger partial charge in [-0.25, -0.2) is 14.8 Å². The summed E-state index contributed by atoms with van der Waals surface area (Å²) < 4.78 is 0.0315. The number of nitrogen functional groups attached to an aromatic ring is 3. The van der Waals surface area contributed by atoms with Crippen LogP contribution in [-0.4, -0.2) is 70.8 Å². The second kappa shape index (κ2) is 9.76. The second-order valence-electron chi connectivity index (χ2n) is 6.99. The predicted molar refractivity (Wildman–Crippen MR) is 132 cm³/mol. The standard InChI is InChI=1S/C17H16ClN9O5S3/c18-11-7(25-17(21)35-11)8(26-32)12(28)24-9-13(29)27-10(15(30)31)5(3-34-14(9)27)33-2-4-1-6(19)23-16(20)22-4/h1,9,14,32H,2-3H2,(H2,21,25)(H,24,28)(H,30,31)(H4,19,20,22,23). The fourth-order valence-electron chi connectivity index (χ4n) is 3.35. The lowest BCUT2D eigenvalue weighted by molar-refractivity contribution is -0.150. The Balaban J connectivity index is 1.49. The van der Waals surface area contributed by atoms with Gasteiger partial charge in [0.05, 0.1) is 5.69 Å². The number of nitrogens with one attached hydrogen (secondary N) is 1. The van der Waals surface area contributed by atoms with Crippen LogP contribution in [0, 0.1) is 0 Å². The van der Waals surface area contributed by atoms with Crippen LogP contribution in [0.4, 0.5) is 16.9 Å². The molecule has 1 saturated heterocycles. The van der Waals surface area contributed by atoms with Gasteiger partial charge < -0.3 is 32.8 Å². The number of nitrogens with zero attached hydrogens (tertiary/aromatic N) is 5. The molecule has 2 unspecified atom stereocenters. The van der Waals surface area contributed by atoms with Gasteiger partial charge in [0.15, 0.2) is 10.8 Å². The highest BCUT2D eigenvalue weighted by atomic mass is 35.5. The molecule has 35 heavy (non-hydrogen) atoms. The Morgan fingerprint density at radius 2 is 2.06 bits per heavy atom. The zero-order valence-corrected chi connectivity index (χ0v) is 20.5. The minimum Gasteiger partial charge on any atom is -0.477 e. The number of halogens is 1. The number of carbonyl (C=O) groups is 3. The van der Waals surface area contributed by atoms with Gasteiger partial charge in [0.1, 0.15) is 33.0 Å². The zero-order chi connectivity index (χ0) is 25.4. The minimum absolute atomic E-state index is 0.00459. The lowest BCUT2D eigenvalue weighted by Gasteiger charge is -2.49. The van der Waals surface area contributed by atoms with E-state index in [-0.39, 0.29) is 44.1 Å². The first-order valence-corrected chi connectivity index (χ1v) is 12.7. The first-order chi connectivity index (χ1) is 16.6. The predicted octanol–water partition coefficient (Wildman–Crippen LogP) is 0.141. The Labute approximate surface area is 214 Å². The summed E-state index contributed by atoms with van der Waals surface area (Å²) in [6.45, 7) is 0. The summed E-state index contributed by atoms with van der Waals surface area (Å²) in [5, 5.41) is 23.9. The van der Waals surface area contributed by atoms with Crippen LogP contribution in [0.5, 0.6) is 0 Å². The summed E-state index contributed by atoms with van der Waals surface area (Å²) in [6, 6.07) is 0.466. The number of carboxylic acids is 1. The number of hydrogen-bond acceptors (Lipinski definition) is 14. The van der Waals surface area contributed by atoms with Gasteiger partial charge in [0.25, 0.3) is 11.8 Å². The fourth-order valence-corrected chi connectivity index (χ4v) is 6.80. The van der Waals surface area contributed by atoms with Gasteiger partial charge in [-0.05, 0) is 0 Å². The van der Waals surface area contributed by atoms with Crippen molar-refractivity contribution >= 4 is 86.9 Å². The van der Waals surface area contributed by atoms with Crippen LogP contribution >= 0.6 is 46.5 Å². The molecule has 0 spiro atoms. The number of aromatic nitrogens is 3. The maximum Gasteiger partial charge on any atom is 0.353 e. The number of rotatable bonds is 7. The molecular formula is C17H16ClN9O5S3. The number of β-lactam (4-membered cyclic amide) rings is 1. The maximum atomic E-state index is 12.8. The van der Waals surface area contributed by atoms with E-state index in [9.17, 15) is 24.7 Å². The third-order valence-corrected chi connectivity index (χ3v) is 8.45. The van der Waals surface area contributed by atoms with Crippen LogP contribution < -0.4 is 22.5 Å². The number of thioether (sulfide) groups is 2. The van der Waals surface area contributed by atoms with E-state index < -0.39 is 34.9 Å². The molecule has 0 aromatic carbocycles. The number of hydrogen-bond donors (Lipinski definition) is 6. The molecule has 0 radical (unpaired) electrons. The third-order valence-electron chi connectivity index (χ3n) is 4.77. The molecule has 4 rings (SSSR count). The minimum atomic E-state index is -1.29. The van der Waals surface area contributed by atoms with Crippen LogP contribution in [0.15, 0.2) is 21.8 Å². The summed E-state index contributed by atoms with van der Waals surface area (Å²) in [5.74, 6) is -2.15. The molecule has 2 aromatic heterocycles. The molecular weight excluding hydrogens is 542 g/mol. The van der Waals surface area contributed by atoms with Crippen LogP contribution in [0.1, 0.15) is 11.4 Å². The SMILES string of the molecule is Nc1cc(CSC2=C(C(=O)O)N3C(=O)C(NC(=O)C(=NO)c4nc(N)sc4Cl)C3SC2)nc(N)n1. The highest BCUT2D eigenvalue weighted by molar-refractivity contribution is 8.05. The quantitative estimate of drug-likeness (QED) is 0.115. The van der Waals surface area contributed by atoms with Crippen molar-refractivity contribution in [2.45, 2.75) is 17.2 Å². The van der Waals surface area contributed by atoms with Crippen molar-refractivity contribution < 1.29 is 24.7 Å². The Morgan fingerprint density at radius 1 is 1.31 bits per heavy atom. The number of oxime groups is 1. The van der Waals surface area contributed by atoms with Gasteiger partial charge in [0, 0.05) is 22.5 Å². The van der Waals surface area contributed by atoms with Gasteiger partial charge in [0.2, 0.25) is 5.95 Å². The van der Waals surface area contributed by atoms with Gasteiger partial charge in [-0.3, -0.25) is 14.5 Å². The molecule has 0 aliphatic carbocycles. The van der Waals surface area contributed by atoms with Gasteiger partial charge in [-0.2, -0.15) is 4.98 Å². The second-order valence-corrected chi connectivity index (χ2v) is 10.8. The smallest absolute Gasteiger partial charge is 0.353 e. The number of amides is 2. The van der Waals surface area contributed by atoms with E-state index >= 15 is 0 Å². The monoisotopic (exact) mass is 557 g/mol. The van der Waals surface area contributed by atoms with Gasteiger partial charge in [-0.15, -0.1) is 23.5 Å². The highest BCUT2D eigenvalue weighted by Crippen LogP contribution is 2.44. The summed E-state index contributed by atoms with van der Waals surface area (Å²) in [6.07, 6.45) is 0. The van der Waals surface area contributed by atoms with Crippen LogP contribution in [0.3, 0.4) is 0 Å². The molecule has 14 nitrogen and oxygen atoms in total. The van der Waals surface area contributed by atoms with Crippen molar-refractivity contribution in [1.29, 1.82) is 0 Å². The van der Waals surface area contributed by atoms with Crippen molar-refractivity contribution in [3.05, 3.63) is 32.4 Å². The molecule has 2 amide bonds. The number of aliphatic carboxylic acids is 1. The van der Waals surface area contributed by atoms with E-state index in [1.165, 1.54) is 29.6 Å². The van der Waals surface area contributed by atoms with Crippen molar-refractivity contribution in [1.82, 2.24) is 25.2 Å². The lowest BCUT2D eigenvalue weighted by atomic mass is 10.0. The zero-order valence-electron chi connectivity index (χ0n) is 17.3. The molecule has 4 heterocycles.